The third kappa shape index (κ3) is 2.00. The lowest BCUT2D eigenvalue weighted by Gasteiger charge is -2.40. The van der Waals surface area contributed by atoms with E-state index in [2.05, 4.69) is 6.58 Å². The Bertz CT molecular complexity index is 205. The van der Waals surface area contributed by atoms with Gasteiger partial charge in [-0.25, -0.2) is 0 Å². The number of aliphatic hydroxyl groups excluding tert-OH is 1. The minimum absolute atomic E-state index is 0.0737. The zero-order chi connectivity index (χ0) is 9.97. The van der Waals surface area contributed by atoms with Crippen LogP contribution in [0.25, 0.3) is 0 Å². The summed E-state index contributed by atoms with van der Waals surface area (Å²) in [6, 6.07) is 0. The number of hydrogen-bond acceptors (Lipinski definition) is 3. The first-order chi connectivity index (χ1) is 6.81. The normalized spacial score (nSPS) is 39.9. The smallest absolute Gasteiger partial charge is 0.0980 e. The summed E-state index contributed by atoms with van der Waals surface area (Å²) in [6.07, 6.45) is 5.40. The van der Waals surface area contributed by atoms with E-state index in [1.54, 1.807) is 6.08 Å². The molecule has 2 saturated heterocycles. The van der Waals surface area contributed by atoms with Crippen molar-refractivity contribution in [1.82, 2.24) is 0 Å². The van der Waals surface area contributed by atoms with Crippen molar-refractivity contribution < 1.29 is 14.6 Å². The van der Waals surface area contributed by atoms with Crippen LogP contribution in [0.5, 0.6) is 0 Å². The minimum atomic E-state index is -0.530. The molecule has 4 atom stereocenters. The fraction of sp³-hybridized carbons (Fsp3) is 0.818. The van der Waals surface area contributed by atoms with Crippen molar-refractivity contribution in [2.75, 3.05) is 6.61 Å². The second-order valence-electron chi connectivity index (χ2n) is 4.07. The molecular weight excluding hydrogens is 180 g/mol. The van der Waals surface area contributed by atoms with Gasteiger partial charge in [0, 0.05) is 6.61 Å². The van der Waals surface area contributed by atoms with E-state index < -0.39 is 6.10 Å². The summed E-state index contributed by atoms with van der Waals surface area (Å²) in [7, 11) is 0. The molecule has 0 unspecified atom stereocenters. The highest BCUT2D eigenvalue weighted by Gasteiger charge is 2.35. The van der Waals surface area contributed by atoms with Crippen LogP contribution in [-0.2, 0) is 9.47 Å². The molecule has 3 nitrogen and oxygen atoms in total. The number of aliphatic hydroxyl groups is 1. The molecule has 3 heteroatoms. The summed E-state index contributed by atoms with van der Waals surface area (Å²) in [6.45, 7) is 4.44. The Kier molecular flexibility index (Phi) is 3.21. The van der Waals surface area contributed by atoms with Gasteiger partial charge in [0.2, 0.25) is 0 Å². The first kappa shape index (κ1) is 10.1. The second-order valence-corrected chi connectivity index (χ2v) is 4.07. The summed E-state index contributed by atoms with van der Waals surface area (Å²) >= 11 is 0. The van der Waals surface area contributed by atoms with Crippen molar-refractivity contribution in [2.45, 2.75) is 50.1 Å². The molecule has 0 aliphatic carbocycles. The second kappa shape index (κ2) is 4.43. The van der Waals surface area contributed by atoms with Crippen LogP contribution in [0.15, 0.2) is 12.7 Å². The van der Waals surface area contributed by atoms with E-state index in [0.29, 0.717) is 0 Å². The lowest BCUT2D eigenvalue weighted by molar-refractivity contribution is -0.180. The third-order valence-electron chi connectivity index (χ3n) is 3.09. The van der Waals surface area contributed by atoms with Crippen LogP contribution in [0.1, 0.15) is 25.7 Å². The van der Waals surface area contributed by atoms with Gasteiger partial charge < -0.3 is 14.6 Å². The number of fused-ring (bicyclic) bond motifs is 1. The van der Waals surface area contributed by atoms with Crippen LogP contribution < -0.4 is 0 Å². The molecule has 80 valence electrons. The summed E-state index contributed by atoms with van der Waals surface area (Å²) in [5.74, 6) is 0. The van der Waals surface area contributed by atoms with Gasteiger partial charge in [0.1, 0.15) is 0 Å². The molecular formula is C11H18O3. The zero-order valence-electron chi connectivity index (χ0n) is 8.39. The van der Waals surface area contributed by atoms with E-state index in [0.717, 1.165) is 32.3 Å². The highest BCUT2D eigenvalue weighted by molar-refractivity contribution is 4.91. The Balaban J connectivity index is 1.92. The maximum absolute atomic E-state index is 9.59. The zero-order valence-corrected chi connectivity index (χ0v) is 8.39. The van der Waals surface area contributed by atoms with Crippen molar-refractivity contribution in [3.8, 4) is 0 Å². The first-order valence-electron chi connectivity index (χ1n) is 5.39. The summed E-state index contributed by atoms with van der Waals surface area (Å²) in [4.78, 5) is 0. The average Bonchev–Trinajstić information content (AvgIpc) is 2.27. The molecule has 0 spiro atoms. The predicted octanol–water partition coefficient (Wildman–Crippen LogP) is 1.26. The molecule has 1 N–H and O–H groups in total. The Labute approximate surface area is 84.7 Å². The van der Waals surface area contributed by atoms with Crippen molar-refractivity contribution >= 4 is 0 Å². The van der Waals surface area contributed by atoms with Gasteiger partial charge in [0.05, 0.1) is 24.4 Å². The van der Waals surface area contributed by atoms with Crippen LogP contribution in [0.3, 0.4) is 0 Å². The van der Waals surface area contributed by atoms with Crippen molar-refractivity contribution in [2.24, 2.45) is 0 Å². The number of rotatable bonds is 2. The van der Waals surface area contributed by atoms with Crippen LogP contribution in [0, 0.1) is 0 Å². The van der Waals surface area contributed by atoms with E-state index in [4.69, 9.17) is 9.47 Å². The molecule has 2 fully saturated rings. The van der Waals surface area contributed by atoms with Gasteiger partial charge in [0.25, 0.3) is 0 Å². The van der Waals surface area contributed by atoms with Gasteiger partial charge in [-0.3, -0.25) is 0 Å². The molecule has 0 bridgehead atoms. The molecule has 0 amide bonds. The fourth-order valence-corrected chi connectivity index (χ4v) is 2.26. The summed E-state index contributed by atoms with van der Waals surface area (Å²) in [5, 5.41) is 9.59. The largest absolute Gasteiger partial charge is 0.386 e. The van der Waals surface area contributed by atoms with Gasteiger partial charge in [-0.2, -0.15) is 0 Å². The molecule has 2 rings (SSSR count). The quantitative estimate of drug-likeness (QED) is 0.679. The standard InChI is InChI=1S/C11H18O3/c1-2-8(12)9-5-6-10-11(14-9)4-3-7-13-10/h2,8-12H,1,3-7H2/t8-,9-,10-,11+/m0/s1. The van der Waals surface area contributed by atoms with Crippen molar-refractivity contribution in [3.05, 3.63) is 12.7 Å². The third-order valence-corrected chi connectivity index (χ3v) is 3.09. The van der Waals surface area contributed by atoms with Crippen LogP contribution >= 0.6 is 0 Å². The first-order valence-corrected chi connectivity index (χ1v) is 5.39. The van der Waals surface area contributed by atoms with E-state index >= 15 is 0 Å². The lowest BCUT2D eigenvalue weighted by atomic mass is 9.94. The minimum Gasteiger partial charge on any atom is -0.386 e. The van der Waals surface area contributed by atoms with E-state index in [1.807, 2.05) is 0 Å². The molecule has 0 aromatic heterocycles. The molecule has 14 heavy (non-hydrogen) atoms. The van der Waals surface area contributed by atoms with Gasteiger partial charge in [0.15, 0.2) is 0 Å². The van der Waals surface area contributed by atoms with Crippen LogP contribution in [0.4, 0.5) is 0 Å². The van der Waals surface area contributed by atoms with Crippen LogP contribution in [-0.4, -0.2) is 36.1 Å². The molecule has 0 aromatic rings. The molecule has 0 saturated carbocycles. The lowest BCUT2D eigenvalue weighted by Crippen LogP contribution is -2.46. The summed E-state index contributed by atoms with van der Waals surface area (Å²) < 4.78 is 11.4. The van der Waals surface area contributed by atoms with Gasteiger partial charge in [-0.1, -0.05) is 6.08 Å². The van der Waals surface area contributed by atoms with E-state index in [9.17, 15) is 5.11 Å². The Morgan fingerprint density at radius 2 is 2.14 bits per heavy atom. The fourth-order valence-electron chi connectivity index (χ4n) is 2.26. The predicted molar refractivity (Wildman–Crippen MR) is 53.1 cm³/mol. The Morgan fingerprint density at radius 1 is 1.29 bits per heavy atom. The monoisotopic (exact) mass is 198 g/mol. The van der Waals surface area contributed by atoms with Gasteiger partial charge in [-0.05, 0) is 25.7 Å². The van der Waals surface area contributed by atoms with Gasteiger partial charge in [-0.15, -0.1) is 6.58 Å². The molecule has 0 aromatic carbocycles. The highest BCUT2D eigenvalue weighted by atomic mass is 16.6. The molecule has 0 radical (unpaired) electrons. The maximum Gasteiger partial charge on any atom is 0.0980 e. The molecule has 2 aliphatic heterocycles. The van der Waals surface area contributed by atoms with Gasteiger partial charge >= 0.3 is 0 Å². The Morgan fingerprint density at radius 3 is 2.93 bits per heavy atom. The SMILES string of the molecule is C=C[C@H](O)[C@@H]1CC[C@@H]2OCCC[C@H]2O1. The van der Waals surface area contributed by atoms with Crippen molar-refractivity contribution in [3.63, 3.8) is 0 Å². The van der Waals surface area contributed by atoms with E-state index in [-0.39, 0.29) is 18.3 Å². The van der Waals surface area contributed by atoms with E-state index in [1.165, 1.54) is 0 Å². The van der Waals surface area contributed by atoms with Crippen LogP contribution in [0.2, 0.25) is 0 Å². The average molecular weight is 198 g/mol. The molecule has 2 heterocycles. The number of ether oxygens (including phenoxy) is 2. The topological polar surface area (TPSA) is 38.7 Å². The molecule has 2 aliphatic rings. The van der Waals surface area contributed by atoms with Crippen molar-refractivity contribution in [1.29, 1.82) is 0 Å². The number of hydrogen-bond donors (Lipinski definition) is 1. The Hall–Kier alpha value is -0.380. The highest BCUT2D eigenvalue weighted by Crippen LogP contribution is 2.29. The summed E-state index contributed by atoms with van der Waals surface area (Å²) in [5.41, 5.74) is 0. The maximum atomic E-state index is 9.59.